The number of nitrogens with zero attached hydrogens (tertiary/aromatic N) is 5. The molecule has 1 saturated heterocycles. The van der Waals surface area contributed by atoms with Crippen molar-refractivity contribution in [2.75, 3.05) is 70.8 Å². The number of benzene rings is 4. The van der Waals surface area contributed by atoms with Gasteiger partial charge in [-0.05, 0) is 35.0 Å². The van der Waals surface area contributed by atoms with E-state index in [0.29, 0.717) is 11.0 Å². The Hall–Kier alpha value is -3.55. The van der Waals surface area contributed by atoms with E-state index in [1.54, 1.807) is 0 Å². The van der Waals surface area contributed by atoms with Crippen molar-refractivity contribution in [2.24, 2.45) is 0 Å². The molecule has 0 radical (unpaired) electrons. The average molecular weight is 567 g/mol. The van der Waals surface area contributed by atoms with Crippen LogP contribution in [0, 0.1) is 0 Å². The molecule has 6 rings (SSSR count). The Bertz CT molecular complexity index is 1700. The van der Waals surface area contributed by atoms with Crippen molar-refractivity contribution >= 4 is 55.9 Å². The summed E-state index contributed by atoms with van der Waals surface area (Å²) in [5.74, 6) is 3.38. The smallest absolute Gasteiger partial charge is 0.277 e. The predicted octanol–water partition coefficient (Wildman–Crippen LogP) is 6.12. The first-order valence-corrected chi connectivity index (χ1v) is 15.7. The lowest BCUT2D eigenvalue weighted by Gasteiger charge is -2.33. The van der Waals surface area contributed by atoms with Crippen LogP contribution in [0.1, 0.15) is 6.42 Å². The van der Waals surface area contributed by atoms with Gasteiger partial charge in [0.2, 0.25) is 0 Å². The first-order chi connectivity index (χ1) is 19.8. The fourth-order valence-corrected chi connectivity index (χ4v) is 7.03. The van der Waals surface area contributed by atoms with Crippen LogP contribution >= 0.6 is 11.8 Å². The third-order valence-corrected chi connectivity index (χ3v) is 9.28. The zero-order chi connectivity index (χ0) is 28.6. The normalized spacial score (nSPS) is 14.3. The molecule has 0 N–H and O–H groups in total. The highest BCUT2D eigenvalue weighted by molar-refractivity contribution is 7.99. The number of hydrogen-bond acceptors (Lipinski definition) is 4. The maximum atomic E-state index is 13.0. The summed E-state index contributed by atoms with van der Waals surface area (Å²) in [7, 11) is 8.51. The lowest BCUT2D eigenvalue weighted by atomic mass is 10.00. The van der Waals surface area contributed by atoms with Crippen molar-refractivity contribution in [3.63, 3.8) is 0 Å². The average Bonchev–Trinajstić information content (AvgIpc) is 3.37. The van der Waals surface area contributed by atoms with Gasteiger partial charge < -0.3 is 18.8 Å². The number of anilines is 1. The van der Waals surface area contributed by atoms with E-state index in [0.717, 1.165) is 61.0 Å². The molecule has 0 saturated carbocycles. The number of amides is 1. The van der Waals surface area contributed by atoms with Crippen molar-refractivity contribution in [1.82, 2.24) is 14.5 Å². The predicted molar refractivity (Wildman–Crippen MR) is 175 cm³/mol. The molecule has 1 aliphatic rings. The number of rotatable bonds is 8. The topological polar surface area (TPSA) is 41.4 Å². The number of aromatic nitrogens is 2. The molecule has 1 aromatic heterocycles. The molecule has 6 nitrogen and oxygen atoms in total. The number of likely N-dealkylation sites (N-methyl/N-ethyl adjacent to an activating group) is 1. The van der Waals surface area contributed by atoms with Gasteiger partial charge in [0.1, 0.15) is 5.82 Å². The molecule has 1 aliphatic heterocycles. The molecular formula is C34H40N5OS+. The third-order valence-electron chi connectivity index (χ3n) is 8.34. The summed E-state index contributed by atoms with van der Waals surface area (Å²) in [4.78, 5) is 22.6. The van der Waals surface area contributed by atoms with E-state index in [-0.39, 0.29) is 5.91 Å². The summed E-state index contributed by atoms with van der Waals surface area (Å²) in [5, 5.41) is 4.92. The van der Waals surface area contributed by atoms with Crippen LogP contribution in [0.15, 0.2) is 72.8 Å². The van der Waals surface area contributed by atoms with Crippen molar-refractivity contribution in [3.05, 3.63) is 72.8 Å². The van der Waals surface area contributed by atoms with E-state index in [1.807, 2.05) is 16.7 Å². The molecule has 212 valence electrons. The molecule has 0 atom stereocenters. The lowest BCUT2D eigenvalue weighted by molar-refractivity contribution is -0.883. The van der Waals surface area contributed by atoms with Gasteiger partial charge in [0.15, 0.2) is 6.54 Å². The number of imidazole rings is 1. The molecule has 5 aromatic rings. The van der Waals surface area contributed by atoms with Gasteiger partial charge in [-0.25, -0.2) is 4.98 Å². The molecule has 4 aromatic carbocycles. The quantitative estimate of drug-likeness (QED) is 0.168. The van der Waals surface area contributed by atoms with E-state index < -0.39 is 0 Å². The number of hydrogen-bond donors (Lipinski definition) is 0. The van der Waals surface area contributed by atoms with Crippen LogP contribution in [0.2, 0.25) is 0 Å². The summed E-state index contributed by atoms with van der Waals surface area (Å²) >= 11 is 1.94. The van der Waals surface area contributed by atoms with Gasteiger partial charge >= 0.3 is 0 Å². The zero-order valence-corrected chi connectivity index (χ0v) is 25.5. The van der Waals surface area contributed by atoms with Crippen molar-refractivity contribution in [3.8, 4) is 11.4 Å². The minimum atomic E-state index is 0.280. The molecule has 0 unspecified atom stereocenters. The number of thioether (sulfide) groups is 1. The first-order valence-electron chi connectivity index (χ1n) is 14.6. The van der Waals surface area contributed by atoms with Crippen LogP contribution in [0.4, 0.5) is 5.69 Å². The van der Waals surface area contributed by atoms with Crippen LogP contribution in [-0.2, 0) is 11.3 Å². The Morgan fingerprint density at radius 2 is 1.49 bits per heavy atom. The summed E-state index contributed by atoms with van der Waals surface area (Å²) in [6.45, 7) is 4.04. The highest BCUT2D eigenvalue weighted by Crippen LogP contribution is 2.37. The maximum absolute atomic E-state index is 13.0. The fourth-order valence-electron chi connectivity index (χ4n) is 6.12. The minimum absolute atomic E-state index is 0.280. The van der Waals surface area contributed by atoms with Crippen molar-refractivity contribution in [1.29, 1.82) is 0 Å². The molecule has 0 spiro atoms. The molecule has 0 aliphatic carbocycles. The monoisotopic (exact) mass is 566 g/mol. The molecule has 1 amide bonds. The maximum Gasteiger partial charge on any atom is 0.277 e. The van der Waals surface area contributed by atoms with Gasteiger partial charge in [-0.3, -0.25) is 4.79 Å². The fraction of sp³-hybridized carbons (Fsp3) is 0.353. The van der Waals surface area contributed by atoms with Crippen LogP contribution in [0.5, 0.6) is 0 Å². The van der Waals surface area contributed by atoms with Gasteiger partial charge in [0.05, 0.1) is 31.7 Å². The minimum Gasteiger partial charge on any atom is -0.378 e. The second-order valence-electron chi connectivity index (χ2n) is 12.0. The molecule has 41 heavy (non-hydrogen) atoms. The summed E-state index contributed by atoms with van der Waals surface area (Å²) in [6.07, 6.45) is 0.950. The van der Waals surface area contributed by atoms with Crippen molar-refractivity contribution < 1.29 is 9.28 Å². The van der Waals surface area contributed by atoms with E-state index in [9.17, 15) is 4.79 Å². The van der Waals surface area contributed by atoms with E-state index >= 15 is 0 Å². The highest BCUT2D eigenvalue weighted by atomic mass is 32.2. The van der Waals surface area contributed by atoms with Crippen LogP contribution in [-0.4, -0.2) is 90.7 Å². The largest absolute Gasteiger partial charge is 0.378 e. The van der Waals surface area contributed by atoms with Crippen molar-refractivity contribution in [2.45, 2.75) is 13.0 Å². The van der Waals surface area contributed by atoms with Gasteiger partial charge in [0, 0.05) is 73.7 Å². The Labute approximate surface area is 247 Å². The Kier molecular flexibility index (Phi) is 7.66. The summed E-state index contributed by atoms with van der Waals surface area (Å²) < 4.78 is 3.12. The number of fused-ring (bicyclic) bond motifs is 6. The molecule has 7 heteroatoms. The highest BCUT2D eigenvalue weighted by Gasteiger charge is 2.26. The number of quaternary nitrogens is 1. The Morgan fingerprint density at radius 3 is 2.15 bits per heavy atom. The number of carbonyl (C=O) groups is 1. The second kappa shape index (κ2) is 11.4. The molecular weight excluding hydrogens is 526 g/mol. The Balaban J connectivity index is 1.38. The SMILES string of the molecule is CN(C)c1ccc(-c2nc3c4ccccc4c4ccccc4c3n2CCC[N+](C)(C)CC(=O)N2CCSCC2)cc1. The number of aryl methyl sites for hydroxylation is 1. The van der Waals surface area contributed by atoms with Gasteiger partial charge in [-0.2, -0.15) is 11.8 Å². The Morgan fingerprint density at radius 1 is 0.878 bits per heavy atom. The van der Waals surface area contributed by atoms with Crippen LogP contribution in [0.25, 0.3) is 44.0 Å². The molecule has 1 fully saturated rings. The first kappa shape index (κ1) is 27.6. The summed E-state index contributed by atoms with van der Waals surface area (Å²) in [6, 6.07) is 26.1. The second-order valence-corrected chi connectivity index (χ2v) is 13.2. The van der Waals surface area contributed by atoms with Crippen LogP contribution < -0.4 is 4.90 Å². The molecule has 0 bridgehead atoms. The standard InChI is InChI=1S/C34H40N5OS/c1-36(2)26-16-14-25(15-17-26)34-35-32-29-12-7-5-10-27(29)28-11-6-8-13-30(28)33(32)38(34)18-9-21-39(3,4)24-31(40)37-19-22-41-23-20-37/h5-8,10-17H,9,18-24H2,1-4H3/q+1. The van der Waals surface area contributed by atoms with E-state index in [1.165, 1.54) is 32.7 Å². The van der Waals surface area contributed by atoms with Gasteiger partial charge in [-0.1, -0.05) is 48.5 Å². The third kappa shape index (κ3) is 5.53. The van der Waals surface area contributed by atoms with E-state index in [2.05, 4.69) is 110 Å². The number of carbonyl (C=O) groups excluding carboxylic acids is 1. The van der Waals surface area contributed by atoms with Gasteiger partial charge in [-0.15, -0.1) is 0 Å². The molecule has 2 heterocycles. The summed E-state index contributed by atoms with van der Waals surface area (Å²) in [5.41, 5.74) is 4.53. The van der Waals surface area contributed by atoms with E-state index in [4.69, 9.17) is 4.98 Å². The lowest BCUT2D eigenvalue weighted by Crippen LogP contribution is -2.51. The zero-order valence-electron chi connectivity index (χ0n) is 24.6. The van der Waals surface area contributed by atoms with Gasteiger partial charge in [0.25, 0.3) is 5.91 Å². The van der Waals surface area contributed by atoms with Crippen LogP contribution in [0.3, 0.4) is 0 Å².